The van der Waals surface area contributed by atoms with Gasteiger partial charge in [0.05, 0.1) is 9.79 Å². The van der Waals surface area contributed by atoms with Crippen LogP contribution in [0.15, 0.2) is 34.1 Å². The molecule has 1 aromatic rings. The van der Waals surface area contributed by atoms with Crippen molar-refractivity contribution in [3.8, 4) is 0 Å². The molecular formula is C15H24ClN3O4S2. The fraction of sp³-hybridized carbons (Fsp3) is 0.600. The van der Waals surface area contributed by atoms with E-state index in [1.807, 2.05) is 0 Å². The number of hydrogen-bond acceptors (Lipinski definition) is 5. The zero-order chi connectivity index (χ0) is 17.2. The normalized spacial score (nSPS) is 21.0. The van der Waals surface area contributed by atoms with Crippen LogP contribution in [0, 0.1) is 5.92 Å². The van der Waals surface area contributed by atoms with Crippen LogP contribution in [0.4, 0.5) is 0 Å². The molecule has 0 aromatic heterocycles. The van der Waals surface area contributed by atoms with Gasteiger partial charge in [-0.1, -0.05) is 0 Å². The first-order valence-electron chi connectivity index (χ1n) is 8.20. The predicted octanol–water partition coefficient (Wildman–Crippen LogP) is 0.827. The summed E-state index contributed by atoms with van der Waals surface area (Å²) in [6.07, 6.45) is 3.57. The highest BCUT2D eigenvalue weighted by molar-refractivity contribution is 7.90. The monoisotopic (exact) mass is 409 g/mol. The molecule has 1 aromatic carbocycles. The van der Waals surface area contributed by atoms with E-state index in [1.165, 1.54) is 24.3 Å². The van der Waals surface area contributed by atoms with E-state index in [1.54, 1.807) is 0 Å². The molecule has 25 heavy (non-hydrogen) atoms. The summed E-state index contributed by atoms with van der Waals surface area (Å²) in [4.78, 5) is 0.169. The minimum Gasteiger partial charge on any atom is -0.316 e. The number of nitrogens with one attached hydrogen (secondary N) is 3. The maximum atomic E-state index is 12.3. The minimum absolute atomic E-state index is 0. The first-order valence-corrected chi connectivity index (χ1v) is 11.2. The number of halogens is 1. The Bertz CT molecular complexity index is 771. The van der Waals surface area contributed by atoms with E-state index >= 15 is 0 Å². The van der Waals surface area contributed by atoms with E-state index in [4.69, 9.17) is 0 Å². The maximum absolute atomic E-state index is 12.3. The van der Waals surface area contributed by atoms with Gasteiger partial charge in [0, 0.05) is 12.6 Å². The summed E-state index contributed by atoms with van der Waals surface area (Å²) in [5.41, 5.74) is 0. The Hall–Kier alpha value is -0.710. The standard InChI is InChI=1S/C15H23N3O4S2.ClH/c19-23(20,17-10-8-12-7-9-16-11-12)14-3-5-15(6-4-14)24(21,22)18-13-1-2-13;/h3-6,12-13,16-18H,1-2,7-11H2;1H. The molecule has 10 heteroatoms. The molecule has 1 atom stereocenters. The third kappa shape index (κ3) is 5.63. The Kier molecular flexibility index (Phi) is 6.86. The van der Waals surface area contributed by atoms with E-state index in [0.29, 0.717) is 12.5 Å². The Morgan fingerprint density at radius 2 is 1.56 bits per heavy atom. The molecule has 2 aliphatic rings. The highest BCUT2D eigenvalue weighted by Crippen LogP contribution is 2.22. The Morgan fingerprint density at radius 3 is 2.08 bits per heavy atom. The van der Waals surface area contributed by atoms with Gasteiger partial charge in [-0.05, 0) is 69.0 Å². The van der Waals surface area contributed by atoms with Crippen molar-refractivity contribution < 1.29 is 16.8 Å². The number of benzene rings is 1. The largest absolute Gasteiger partial charge is 0.316 e. The molecule has 7 nitrogen and oxygen atoms in total. The molecule has 1 saturated heterocycles. The number of rotatable bonds is 8. The highest BCUT2D eigenvalue weighted by atomic mass is 35.5. The van der Waals surface area contributed by atoms with E-state index in [-0.39, 0.29) is 28.2 Å². The van der Waals surface area contributed by atoms with Gasteiger partial charge in [0.2, 0.25) is 20.0 Å². The van der Waals surface area contributed by atoms with E-state index in [0.717, 1.165) is 38.8 Å². The maximum Gasteiger partial charge on any atom is 0.240 e. The average Bonchev–Trinajstić information content (AvgIpc) is 3.18. The molecule has 1 aliphatic heterocycles. The second-order valence-corrected chi connectivity index (χ2v) is 9.89. The van der Waals surface area contributed by atoms with E-state index in [9.17, 15) is 16.8 Å². The van der Waals surface area contributed by atoms with E-state index < -0.39 is 20.0 Å². The average molecular weight is 410 g/mol. The smallest absolute Gasteiger partial charge is 0.240 e. The van der Waals surface area contributed by atoms with Gasteiger partial charge in [-0.15, -0.1) is 12.4 Å². The summed E-state index contributed by atoms with van der Waals surface area (Å²) in [6.45, 7) is 2.31. The molecule has 1 saturated carbocycles. The van der Waals surface area contributed by atoms with Crippen LogP contribution in [-0.2, 0) is 20.0 Å². The lowest BCUT2D eigenvalue weighted by Gasteiger charge is -2.11. The molecule has 3 rings (SSSR count). The van der Waals surface area contributed by atoms with Crippen molar-refractivity contribution in [2.45, 2.75) is 41.5 Å². The molecule has 1 aliphatic carbocycles. The molecule has 3 N–H and O–H groups in total. The SMILES string of the molecule is Cl.O=S(=O)(NCCC1CCNC1)c1ccc(S(=O)(=O)NC2CC2)cc1. The highest BCUT2D eigenvalue weighted by Gasteiger charge is 2.28. The van der Waals surface area contributed by atoms with Crippen molar-refractivity contribution in [2.24, 2.45) is 5.92 Å². The lowest BCUT2D eigenvalue weighted by atomic mass is 10.1. The third-order valence-corrected chi connectivity index (χ3v) is 7.36. The Balaban J connectivity index is 0.00000225. The molecule has 1 unspecified atom stereocenters. The lowest BCUT2D eigenvalue weighted by Crippen LogP contribution is -2.27. The van der Waals surface area contributed by atoms with Crippen LogP contribution in [-0.4, -0.2) is 42.5 Å². The van der Waals surface area contributed by atoms with Gasteiger partial charge < -0.3 is 5.32 Å². The predicted molar refractivity (Wildman–Crippen MR) is 97.8 cm³/mol. The third-order valence-electron chi connectivity index (χ3n) is 4.35. The fourth-order valence-electron chi connectivity index (χ4n) is 2.73. The van der Waals surface area contributed by atoms with Gasteiger partial charge in [-0.3, -0.25) is 0 Å². The fourth-order valence-corrected chi connectivity index (χ4v) is 5.08. The Labute approximate surface area is 155 Å². The zero-order valence-electron chi connectivity index (χ0n) is 13.8. The van der Waals surface area contributed by atoms with Crippen molar-refractivity contribution in [3.05, 3.63) is 24.3 Å². The first-order chi connectivity index (χ1) is 11.4. The molecule has 2 fully saturated rings. The van der Waals surface area contributed by atoms with Crippen molar-refractivity contribution in [3.63, 3.8) is 0 Å². The summed E-state index contributed by atoms with van der Waals surface area (Å²) in [5.74, 6) is 0.508. The van der Waals surface area contributed by atoms with Gasteiger partial charge in [-0.2, -0.15) is 0 Å². The minimum atomic E-state index is -3.61. The quantitative estimate of drug-likeness (QED) is 0.589. The molecular weight excluding hydrogens is 386 g/mol. The summed E-state index contributed by atoms with van der Waals surface area (Å²) >= 11 is 0. The van der Waals surface area contributed by atoms with Gasteiger partial charge in [0.25, 0.3) is 0 Å². The lowest BCUT2D eigenvalue weighted by molar-refractivity contribution is 0.519. The van der Waals surface area contributed by atoms with Gasteiger partial charge in [0.15, 0.2) is 0 Å². The van der Waals surface area contributed by atoms with Crippen molar-refractivity contribution in [1.29, 1.82) is 0 Å². The molecule has 0 amide bonds. The molecule has 0 spiro atoms. The summed E-state index contributed by atoms with van der Waals surface area (Å²) < 4.78 is 53.8. The number of sulfonamides is 2. The first kappa shape index (κ1) is 20.6. The second kappa shape index (κ2) is 8.32. The topological polar surface area (TPSA) is 104 Å². The van der Waals surface area contributed by atoms with Crippen LogP contribution in [0.5, 0.6) is 0 Å². The van der Waals surface area contributed by atoms with Crippen molar-refractivity contribution in [1.82, 2.24) is 14.8 Å². The summed E-state index contributed by atoms with van der Waals surface area (Å²) in [6, 6.07) is 5.35. The van der Waals surface area contributed by atoms with Crippen LogP contribution < -0.4 is 14.8 Å². The summed E-state index contributed by atoms with van der Waals surface area (Å²) in [5, 5.41) is 3.25. The Morgan fingerprint density at radius 1 is 0.960 bits per heavy atom. The van der Waals surface area contributed by atoms with Crippen LogP contribution in [0.25, 0.3) is 0 Å². The van der Waals surface area contributed by atoms with Crippen LogP contribution >= 0.6 is 12.4 Å². The number of hydrogen-bond donors (Lipinski definition) is 3. The van der Waals surface area contributed by atoms with E-state index in [2.05, 4.69) is 14.8 Å². The van der Waals surface area contributed by atoms with Crippen LogP contribution in [0.1, 0.15) is 25.7 Å². The molecule has 0 radical (unpaired) electrons. The molecule has 0 bridgehead atoms. The molecule has 142 valence electrons. The van der Waals surface area contributed by atoms with Crippen LogP contribution in [0.3, 0.4) is 0 Å². The summed E-state index contributed by atoms with van der Waals surface area (Å²) in [7, 11) is -7.17. The van der Waals surface area contributed by atoms with Gasteiger partial charge in [-0.25, -0.2) is 26.3 Å². The van der Waals surface area contributed by atoms with Gasteiger partial charge >= 0.3 is 0 Å². The zero-order valence-corrected chi connectivity index (χ0v) is 16.2. The van der Waals surface area contributed by atoms with Crippen molar-refractivity contribution in [2.75, 3.05) is 19.6 Å². The van der Waals surface area contributed by atoms with Gasteiger partial charge in [0.1, 0.15) is 0 Å². The van der Waals surface area contributed by atoms with Crippen LogP contribution in [0.2, 0.25) is 0 Å². The second-order valence-electron chi connectivity index (χ2n) is 6.41. The van der Waals surface area contributed by atoms with Crippen molar-refractivity contribution >= 4 is 32.5 Å². The molecule has 1 heterocycles.